The fourth-order valence-corrected chi connectivity index (χ4v) is 5.10. The van der Waals surface area contributed by atoms with E-state index in [1.165, 1.54) is 11.1 Å². The molecule has 0 spiro atoms. The lowest BCUT2D eigenvalue weighted by atomic mass is 9.91. The van der Waals surface area contributed by atoms with Crippen LogP contribution in [-0.2, 0) is 11.3 Å². The summed E-state index contributed by atoms with van der Waals surface area (Å²) in [7, 11) is 0. The van der Waals surface area contributed by atoms with Crippen LogP contribution in [0.25, 0.3) is 11.4 Å². The van der Waals surface area contributed by atoms with Gasteiger partial charge in [0.25, 0.3) is 0 Å². The van der Waals surface area contributed by atoms with E-state index in [1.807, 2.05) is 42.5 Å². The van der Waals surface area contributed by atoms with Gasteiger partial charge in [0, 0.05) is 16.5 Å². The first-order valence-corrected chi connectivity index (χ1v) is 13.1. The van der Waals surface area contributed by atoms with E-state index in [1.54, 1.807) is 0 Å². The lowest BCUT2D eigenvalue weighted by molar-refractivity contribution is -0.127. The molecule has 1 atom stereocenters. The molecule has 2 heterocycles. The Labute approximate surface area is 222 Å². The van der Waals surface area contributed by atoms with Crippen LogP contribution in [0.4, 0.5) is 0 Å². The second-order valence-corrected chi connectivity index (χ2v) is 10.2. The molecule has 1 N–H and O–H groups in total. The van der Waals surface area contributed by atoms with E-state index in [2.05, 4.69) is 64.5 Å². The fraction of sp³-hybridized carbons (Fsp3) is 0.300. The number of aromatic nitrogens is 2. The van der Waals surface area contributed by atoms with E-state index < -0.39 is 0 Å². The van der Waals surface area contributed by atoms with Crippen LogP contribution in [0, 0.1) is 19.8 Å². The van der Waals surface area contributed by atoms with Gasteiger partial charge in [0.05, 0.1) is 12.6 Å². The highest BCUT2D eigenvalue weighted by Crippen LogP contribution is 2.28. The third kappa shape index (κ3) is 6.09. The van der Waals surface area contributed by atoms with Gasteiger partial charge in [-0.2, -0.15) is 4.98 Å². The number of carbonyl (C=O) groups is 1. The maximum absolute atomic E-state index is 13.4. The highest BCUT2D eigenvalue weighted by atomic mass is 35.5. The number of halogens is 1. The summed E-state index contributed by atoms with van der Waals surface area (Å²) in [6.07, 6.45) is 1.58. The molecule has 1 aromatic heterocycles. The molecule has 0 aliphatic carbocycles. The summed E-state index contributed by atoms with van der Waals surface area (Å²) in [4.78, 5) is 20.2. The SMILES string of the molecule is Cc1ccc(C(NC(=O)C2CCN(Cc3nc(-c4ccc(Cl)cc4)no3)CC2)c2ccccc2)c(C)c1. The largest absolute Gasteiger partial charge is 0.345 e. The molecular weight excluding hydrogens is 484 g/mol. The normalized spacial score (nSPS) is 15.4. The van der Waals surface area contributed by atoms with Gasteiger partial charge in [0.15, 0.2) is 0 Å². The minimum absolute atomic E-state index is 0.0273. The molecule has 4 aromatic rings. The minimum Gasteiger partial charge on any atom is -0.345 e. The molecule has 0 saturated carbocycles. The number of piperidine rings is 1. The molecule has 6 nitrogen and oxygen atoms in total. The van der Waals surface area contributed by atoms with Crippen LogP contribution in [0.2, 0.25) is 5.02 Å². The zero-order valence-corrected chi connectivity index (χ0v) is 21.9. The standard InChI is InChI=1S/C30H31ClN4O2/c1-20-8-13-26(21(2)18-20)28(22-6-4-3-5-7-22)33-30(36)24-14-16-35(17-15-24)19-27-32-29(34-37-27)23-9-11-25(31)12-10-23/h3-13,18,24,28H,14-17,19H2,1-2H3,(H,33,36). The maximum atomic E-state index is 13.4. The zero-order valence-electron chi connectivity index (χ0n) is 21.2. The van der Waals surface area contributed by atoms with Gasteiger partial charge in [-0.1, -0.05) is 70.9 Å². The van der Waals surface area contributed by atoms with Crippen molar-refractivity contribution in [3.63, 3.8) is 0 Å². The zero-order chi connectivity index (χ0) is 25.8. The van der Waals surface area contributed by atoms with Crippen molar-refractivity contribution in [2.45, 2.75) is 39.3 Å². The Morgan fingerprint density at radius 3 is 2.49 bits per heavy atom. The first kappa shape index (κ1) is 25.2. The van der Waals surface area contributed by atoms with Crippen molar-refractivity contribution in [3.05, 3.63) is 106 Å². The summed E-state index contributed by atoms with van der Waals surface area (Å²) in [6.45, 7) is 6.38. The number of amides is 1. The quantitative estimate of drug-likeness (QED) is 0.321. The molecule has 0 radical (unpaired) electrons. The molecule has 1 aliphatic rings. The van der Waals surface area contributed by atoms with Crippen LogP contribution in [0.5, 0.6) is 0 Å². The summed E-state index contributed by atoms with van der Waals surface area (Å²) in [5.74, 6) is 1.21. The van der Waals surface area contributed by atoms with Gasteiger partial charge in [-0.25, -0.2) is 0 Å². The molecular formula is C30H31ClN4O2. The summed E-state index contributed by atoms with van der Waals surface area (Å²) >= 11 is 5.97. The molecule has 0 bridgehead atoms. The predicted octanol–water partition coefficient (Wildman–Crippen LogP) is 6.12. The molecule has 1 fully saturated rings. The third-order valence-corrected chi connectivity index (χ3v) is 7.30. The fourth-order valence-electron chi connectivity index (χ4n) is 4.98. The highest BCUT2D eigenvalue weighted by molar-refractivity contribution is 6.30. The molecule has 1 saturated heterocycles. The van der Waals surface area contributed by atoms with E-state index >= 15 is 0 Å². The lowest BCUT2D eigenvalue weighted by Crippen LogP contribution is -2.41. The van der Waals surface area contributed by atoms with Crippen LogP contribution in [0.1, 0.15) is 47.0 Å². The number of aryl methyl sites for hydroxylation is 2. The van der Waals surface area contributed by atoms with Crippen molar-refractivity contribution in [3.8, 4) is 11.4 Å². The van der Waals surface area contributed by atoms with E-state index in [9.17, 15) is 4.79 Å². The second-order valence-electron chi connectivity index (χ2n) is 9.78. The van der Waals surface area contributed by atoms with Crippen LogP contribution >= 0.6 is 11.6 Å². The highest BCUT2D eigenvalue weighted by Gasteiger charge is 2.28. The Morgan fingerprint density at radius 1 is 1.05 bits per heavy atom. The number of nitrogens with one attached hydrogen (secondary N) is 1. The Balaban J connectivity index is 1.20. The number of carbonyl (C=O) groups excluding carboxylic acids is 1. The van der Waals surface area contributed by atoms with Crippen molar-refractivity contribution in [1.82, 2.24) is 20.4 Å². The van der Waals surface area contributed by atoms with E-state index in [4.69, 9.17) is 16.1 Å². The smallest absolute Gasteiger partial charge is 0.241 e. The minimum atomic E-state index is -0.169. The average Bonchev–Trinajstić information content (AvgIpc) is 3.37. The van der Waals surface area contributed by atoms with Gasteiger partial charge in [-0.05, 0) is 80.7 Å². The van der Waals surface area contributed by atoms with Crippen LogP contribution in [0.3, 0.4) is 0 Å². The second kappa shape index (κ2) is 11.3. The topological polar surface area (TPSA) is 71.3 Å². The van der Waals surface area contributed by atoms with Crippen LogP contribution < -0.4 is 5.32 Å². The molecule has 37 heavy (non-hydrogen) atoms. The van der Waals surface area contributed by atoms with Crippen molar-refractivity contribution < 1.29 is 9.32 Å². The van der Waals surface area contributed by atoms with E-state index in [0.717, 1.165) is 42.6 Å². The van der Waals surface area contributed by atoms with Crippen molar-refractivity contribution >= 4 is 17.5 Å². The Bertz CT molecular complexity index is 1350. The summed E-state index contributed by atoms with van der Waals surface area (Å²) in [5, 5.41) is 8.14. The third-order valence-electron chi connectivity index (χ3n) is 7.04. The number of likely N-dealkylation sites (tertiary alicyclic amines) is 1. The molecule has 5 rings (SSSR count). The van der Waals surface area contributed by atoms with Crippen molar-refractivity contribution in [2.24, 2.45) is 5.92 Å². The summed E-state index contributed by atoms with van der Waals surface area (Å²) in [5.41, 5.74) is 5.49. The predicted molar refractivity (Wildman–Crippen MR) is 145 cm³/mol. The number of rotatable bonds is 7. The molecule has 7 heteroatoms. The number of nitrogens with zero attached hydrogens (tertiary/aromatic N) is 3. The average molecular weight is 515 g/mol. The van der Waals surface area contributed by atoms with Crippen molar-refractivity contribution in [2.75, 3.05) is 13.1 Å². The first-order valence-electron chi connectivity index (χ1n) is 12.7. The number of benzene rings is 3. The van der Waals surface area contributed by atoms with Crippen molar-refractivity contribution in [1.29, 1.82) is 0 Å². The Morgan fingerprint density at radius 2 is 1.78 bits per heavy atom. The molecule has 1 amide bonds. The van der Waals surface area contributed by atoms with E-state index in [-0.39, 0.29) is 17.9 Å². The summed E-state index contributed by atoms with van der Waals surface area (Å²) < 4.78 is 5.48. The monoisotopic (exact) mass is 514 g/mol. The van der Waals surface area contributed by atoms with Gasteiger partial charge < -0.3 is 9.84 Å². The van der Waals surface area contributed by atoms with Gasteiger partial charge in [0.2, 0.25) is 17.6 Å². The van der Waals surface area contributed by atoms with Crippen LogP contribution in [-0.4, -0.2) is 34.0 Å². The molecule has 1 aliphatic heterocycles. The number of hydrogen-bond donors (Lipinski definition) is 1. The van der Waals surface area contributed by atoms with E-state index in [0.29, 0.717) is 23.3 Å². The van der Waals surface area contributed by atoms with Gasteiger partial charge >= 0.3 is 0 Å². The maximum Gasteiger partial charge on any atom is 0.241 e. The Hall–Kier alpha value is -3.48. The Kier molecular flexibility index (Phi) is 7.68. The number of hydrogen-bond acceptors (Lipinski definition) is 5. The van der Waals surface area contributed by atoms with Crippen LogP contribution in [0.15, 0.2) is 77.3 Å². The molecule has 1 unspecified atom stereocenters. The first-order chi connectivity index (χ1) is 18.0. The van der Waals surface area contributed by atoms with Gasteiger partial charge in [0.1, 0.15) is 0 Å². The molecule has 3 aromatic carbocycles. The molecule has 190 valence electrons. The van der Waals surface area contributed by atoms with Gasteiger partial charge in [-0.3, -0.25) is 9.69 Å². The lowest BCUT2D eigenvalue weighted by Gasteiger charge is -2.31. The summed E-state index contributed by atoms with van der Waals surface area (Å²) in [6, 6.07) is 23.8. The van der Waals surface area contributed by atoms with Gasteiger partial charge in [-0.15, -0.1) is 0 Å².